The van der Waals surface area contributed by atoms with Crippen LogP contribution in [0.1, 0.15) is 13.3 Å². The van der Waals surface area contributed by atoms with Crippen molar-refractivity contribution < 1.29 is 26.5 Å². The molecule has 0 aliphatic carbocycles. The fraction of sp³-hybridized carbons (Fsp3) is 1.00. The number of halogens is 5. The summed E-state index contributed by atoms with van der Waals surface area (Å²) in [6, 6.07) is 0. The average molecular weight is 209 g/mol. The van der Waals surface area contributed by atoms with Crippen LogP contribution in [0, 0.1) is 0 Å². The second-order valence-corrected chi connectivity index (χ2v) is 3.91. The van der Waals surface area contributed by atoms with Gasteiger partial charge in [-0.1, -0.05) is 6.92 Å². The van der Waals surface area contributed by atoms with Gasteiger partial charge in [0.05, 0.1) is 0 Å². The molecule has 73 valence electrons. The van der Waals surface area contributed by atoms with Gasteiger partial charge in [-0.15, -0.1) is 0 Å². The standard InChI is InChI=1S/C5H7F5OP/c1-2-3-12(11)5(9,10)4(6,7)8/h2-3H2,1H3. The summed E-state index contributed by atoms with van der Waals surface area (Å²) in [6.07, 6.45) is -6.27. The minimum Gasteiger partial charge on any atom is -0.280 e. The maximum atomic E-state index is 12.1. The van der Waals surface area contributed by atoms with Gasteiger partial charge < -0.3 is 0 Å². The van der Waals surface area contributed by atoms with Crippen molar-refractivity contribution >= 4 is 7.80 Å². The summed E-state index contributed by atoms with van der Waals surface area (Å²) in [5.74, 6) is 0. The second kappa shape index (κ2) is 3.64. The van der Waals surface area contributed by atoms with Crippen LogP contribution in [0.4, 0.5) is 22.0 Å². The SMILES string of the molecule is CCC[P](=O)C(F)(F)C(F)(F)F. The maximum Gasteiger partial charge on any atom is 0.464 e. The lowest BCUT2D eigenvalue weighted by atomic mass is 10.6. The van der Waals surface area contributed by atoms with Crippen LogP contribution in [0.3, 0.4) is 0 Å². The Morgan fingerprint density at radius 1 is 1.17 bits per heavy atom. The summed E-state index contributed by atoms with van der Waals surface area (Å²) in [5, 5.41) is 0. The van der Waals surface area contributed by atoms with Crippen molar-refractivity contribution in [2.24, 2.45) is 0 Å². The summed E-state index contributed by atoms with van der Waals surface area (Å²) in [5.41, 5.74) is -5.04. The third-order valence-electron chi connectivity index (χ3n) is 1.08. The van der Waals surface area contributed by atoms with Crippen LogP contribution in [-0.2, 0) is 4.57 Å². The Morgan fingerprint density at radius 2 is 1.58 bits per heavy atom. The molecule has 0 fully saturated rings. The van der Waals surface area contributed by atoms with Gasteiger partial charge in [-0.25, -0.2) is 0 Å². The predicted octanol–water partition coefficient (Wildman–Crippen LogP) is 3.38. The smallest absolute Gasteiger partial charge is 0.280 e. The van der Waals surface area contributed by atoms with Gasteiger partial charge in [0.25, 0.3) is 0 Å². The van der Waals surface area contributed by atoms with Crippen LogP contribution < -0.4 is 0 Å². The summed E-state index contributed by atoms with van der Waals surface area (Å²) in [6.45, 7) is 1.39. The Bertz CT molecular complexity index is 175. The predicted molar refractivity (Wildman–Crippen MR) is 33.8 cm³/mol. The van der Waals surface area contributed by atoms with Gasteiger partial charge in [0.2, 0.25) is 0 Å². The second-order valence-electron chi connectivity index (χ2n) is 2.14. The number of rotatable bonds is 3. The van der Waals surface area contributed by atoms with E-state index in [0.717, 1.165) is 0 Å². The Labute approximate surface area is 66.7 Å². The molecule has 1 nitrogen and oxygen atoms in total. The lowest BCUT2D eigenvalue weighted by Crippen LogP contribution is -2.33. The minimum atomic E-state index is -5.70. The van der Waals surface area contributed by atoms with Gasteiger partial charge in [-0.2, -0.15) is 22.0 Å². The quantitative estimate of drug-likeness (QED) is 0.514. The van der Waals surface area contributed by atoms with E-state index in [4.69, 9.17) is 0 Å². The first-order valence-electron chi connectivity index (χ1n) is 3.12. The van der Waals surface area contributed by atoms with Gasteiger partial charge in [0.1, 0.15) is 0 Å². The van der Waals surface area contributed by atoms with Crippen molar-refractivity contribution in [1.82, 2.24) is 0 Å². The summed E-state index contributed by atoms with van der Waals surface area (Å²) in [7, 11) is -3.52. The van der Waals surface area contributed by atoms with Crippen molar-refractivity contribution in [3.05, 3.63) is 0 Å². The molecular formula is C5H7F5OP. The molecular weight excluding hydrogens is 202 g/mol. The van der Waals surface area contributed by atoms with Crippen molar-refractivity contribution in [2.45, 2.75) is 25.2 Å². The molecule has 0 aliphatic rings. The van der Waals surface area contributed by atoms with E-state index in [1.165, 1.54) is 6.92 Å². The van der Waals surface area contributed by atoms with Crippen molar-refractivity contribution in [3.8, 4) is 0 Å². The fourth-order valence-corrected chi connectivity index (χ4v) is 1.45. The van der Waals surface area contributed by atoms with Crippen molar-refractivity contribution in [3.63, 3.8) is 0 Å². The molecule has 0 spiro atoms. The fourth-order valence-electron chi connectivity index (χ4n) is 0.485. The molecule has 1 atom stereocenters. The third kappa shape index (κ3) is 2.37. The number of hydrogen-bond acceptors (Lipinski definition) is 1. The monoisotopic (exact) mass is 209 g/mol. The Hall–Kier alpha value is -0.250. The van der Waals surface area contributed by atoms with E-state index in [1.807, 2.05) is 0 Å². The van der Waals surface area contributed by atoms with Crippen LogP contribution in [0.2, 0.25) is 0 Å². The highest BCUT2D eigenvalue weighted by molar-refractivity contribution is 7.46. The summed E-state index contributed by atoms with van der Waals surface area (Å²) < 4.78 is 69.0. The molecule has 0 aromatic carbocycles. The molecule has 0 N–H and O–H groups in total. The zero-order chi connectivity index (χ0) is 9.99. The molecule has 7 heteroatoms. The van der Waals surface area contributed by atoms with E-state index < -0.39 is 25.8 Å². The van der Waals surface area contributed by atoms with Crippen LogP contribution in [0.25, 0.3) is 0 Å². The zero-order valence-corrected chi connectivity index (χ0v) is 7.05. The minimum absolute atomic E-state index is 0.0425. The Balaban J connectivity index is 4.50. The van der Waals surface area contributed by atoms with Gasteiger partial charge in [0.15, 0.2) is 7.80 Å². The first kappa shape index (κ1) is 11.8. The van der Waals surface area contributed by atoms with Gasteiger partial charge >= 0.3 is 11.8 Å². The molecule has 0 saturated heterocycles. The largest absolute Gasteiger partial charge is 0.464 e. The van der Waals surface area contributed by atoms with E-state index in [-0.39, 0.29) is 6.42 Å². The van der Waals surface area contributed by atoms with E-state index >= 15 is 0 Å². The first-order chi connectivity index (χ1) is 5.23. The highest BCUT2D eigenvalue weighted by atomic mass is 31.1. The average Bonchev–Trinajstić information content (AvgIpc) is 1.85. The van der Waals surface area contributed by atoms with Crippen molar-refractivity contribution in [2.75, 3.05) is 6.16 Å². The lowest BCUT2D eigenvalue weighted by Gasteiger charge is -2.17. The molecule has 1 radical (unpaired) electrons. The van der Waals surface area contributed by atoms with Gasteiger partial charge in [-0.05, 0) is 6.42 Å². The summed E-state index contributed by atoms with van der Waals surface area (Å²) in [4.78, 5) is 0. The van der Waals surface area contributed by atoms with Gasteiger partial charge in [0, 0.05) is 6.16 Å². The molecule has 1 unspecified atom stereocenters. The molecule has 0 aliphatic heterocycles. The molecule has 0 saturated carbocycles. The molecule has 0 bridgehead atoms. The van der Waals surface area contributed by atoms with Crippen LogP contribution in [0.5, 0.6) is 0 Å². The Kier molecular flexibility index (Phi) is 3.57. The molecule has 12 heavy (non-hydrogen) atoms. The highest BCUT2D eigenvalue weighted by Gasteiger charge is 2.62. The first-order valence-corrected chi connectivity index (χ1v) is 4.57. The normalized spacial score (nSPS) is 14.7. The van der Waals surface area contributed by atoms with E-state index in [2.05, 4.69) is 0 Å². The van der Waals surface area contributed by atoms with Crippen LogP contribution in [-0.4, -0.2) is 18.0 Å². The number of hydrogen-bond donors (Lipinski definition) is 0. The van der Waals surface area contributed by atoms with Crippen LogP contribution >= 0.6 is 7.80 Å². The van der Waals surface area contributed by atoms with E-state index in [9.17, 15) is 26.5 Å². The third-order valence-corrected chi connectivity index (χ3v) is 2.81. The molecule has 0 aromatic rings. The highest BCUT2D eigenvalue weighted by Crippen LogP contribution is 2.52. The maximum absolute atomic E-state index is 12.1. The molecule has 0 aromatic heterocycles. The number of alkyl halides is 5. The van der Waals surface area contributed by atoms with Crippen molar-refractivity contribution in [1.29, 1.82) is 0 Å². The van der Waals surface area contributed by atoms with E-state index in [1.54, 1.807) is 0 Å². The topological polar surface area (TPSA) is 17.1 Å². The molecule has 0 amide bonds. The lowest BCUT2D eigenvalue weighted by molar-refractivity contribution is -0.241. The summed E-state index contributed by atoms with van der Waals surface area (Å²) >= 11 is 0. The van der Waals surface area contributed by atoms with Crippen LogP contribution in [0.15, 0.2) is 0 Å². The molecule has 0 rings (SSSR count). The van der Waals surface area contributed by atoms with Gasteiger partial charge in [-0.3, -0.25) is 4.57 Å². The zero-order valence-electron chi connectivity index (χ0n) is 6.16. The van der Waals surface area contributed by atoms with E-state index in [0.29, 0.717) is 0 Å². The Morgan fingerprint density at radius 3 is 1.83 bits per heavy atom. The molecule has 0 heterocycles.